The quantitative estimate of drug-likeness (QED) is 0.319. The largest absolute Gasteiger partial charge is 0.489 e. The Morgan fingerprint density at radius 1 is 1.06 bits per heavy atom. The summed E-state index contributed by atoms with van der Waals surface area (Å²) < 4.78 is 20.6. The zero-order chi connectivity index (χ0) is 22.7. The number of imide groups is 1. The first-order valence-corrected chi connectivity index (χ1v) is 11.5. The van der Waals surface area contributed by atoms with Crippen LogP contribution in [-0.4, -0.2) is 16.0 Å². The van der Waals surface area contributed by atoms with E-state index in [1.54, 1.807) is 36.4 Å². The molecule has 1 fully saturated rings. The van der Waals surface area contributed by atoms with Crippen LogP contribution >= 0.6 is 39.3 Å². The molecule has 2 amide bonds. The number of hydrogen-bond acceptors (Lipinski definition) is 4. The van der Waals surface area contributed by atoms with Crippen molar-refractivity contribution < 1.29 is 18.7 Å². The second-order valence-corrected chi connectivity index (χ2v) is 9.27. The van der Waals surface area contributed by atoms with Gasteiger partial charge in [-0.1, -0.05) is 57.9 Å². The van der Waals surface area contributed by atoms with Crippen LogP contribution in [0.2, 0.25) is 5.02 Å². The Balaban J connectivity index is 1.47. The topological polar surface area (TPSA) is 46.6 Å². The van der Waals surface area contributed by atoms with Crippen molar-refractivity contribution in [2.24, 2.45) is 0 Å². The number of benzene rings is 3. The van der Waals surface area contributed by atoms with E-state index >= 15 is 0 Å². The molecule has 1 aliphatic rings. The Labute approximate surface area is 202 Å². The van der Waals surface area contributed by atoms with Gasteiger partial charge in [0.25, 0.3) is 11.1 Å². The van der Waals surface area contributed by atoms with Crippen LogP contribution in [0.15, 0.2) is 76.1 Å². The lowest BCUT2D eigenvalue weighted by Crippen LogP contribution is -2.27. The number of amides is 2. The number of ether oxygens (including phenoxy) is 1. The number of rotatable bonds is 6. The van der Waals surface area contributed by atoms with E-state index in [9.17, 15) is 14.0 Å². The first-order chi connectivity index (χ1) is 15.4. The van der Waals surface area contributed by atoms with Gasteiger partial charge >= 0.3 is 0 Å². The van der Waals surface area contributed by atoms with Gasteiger partial charge in [-0.2, -0.15) is 0 Å². The van der Waals surface area contributed by atoms with E-state index in [1.807, 2.05) is 24.3 Å². The van der Waals surface area contributed by atoms with Gasteiger partial charge in [-0.05, 0) is 65.4 Å². The van der Waals surface area contributed by atoms with Crippen LogP contribution in [0, 0.1) is 5.82 Å². The molecule has 8 heteroatoms. The van der Waals surface area contributed by atoms with E-state index < -0.39 is 5.82 Å². The third kappa shape index (κ3) is 5.23. The standard InChI is InChI=1S/C24H16BrClFNO3S/c25-17-9-7-15(8-10-17)13-28-23(29)22(32-24(28)30)12-16-3-1-4-18(11-16)31-14-19-20(26)5-2-6-21(19)27/h1-12H,13-14H2/b22-12-. The fourth-order valence-corrected chi connectivity index (χ4v) is 4.40. The van der Waals surface area contributed by atoms with E-state index in [0.717, 1.165) is 21.8 Å². The van der Waals surface area contributed by atoms with Crippen LogP contribution in [0.1, 0.15) is 16.7 Å². The molecule has 0 saturated carbocycles. The molecular weight excluding hydrogens is 517 g/mol. The summed E-state index contributed by atoms with van der Waals surface area (Å²) in [5.41, 5.74) is 1.82. The van der Waals surface area contributed by atoms with Gasteiger partial charge in [-0.3, -0.25) is 14.5 Å². The minimum Gasteiger partial charge on any atom is -0.489 e. The highest BCUT2D eigenvalue weighted by Gasteiger charge is 2.34. The Bertz CT molecular complexity index is 1200. The summed E-state index contributed by atoms with van der Waals surface area (Å²) in [6, 6.07) is 18.9. The second-order valence-electron chi connectivity index (χ2n) is 6.96. The maximum absolute atomic E-state index is 13.9. The Kier molecular flexibility index (Phi) is 6.98. The molecule has 1 heterocycles. The van der Waals surface area contributed by atoms with Gasteiger partial charge < -0.3 is 4.74 Å². The molecule has 32 heavy (non-hydrogen) atoms. The smallest absolute Gasteiger partial charge is 0.293 e. The molecule has 0 atom stereocenters. The fraction of sp³-hybridized carbons (Fsp3) is 0.0833. The fourth-order valence-electron chi connectivity index (χ4n) is 3.08. The van der Waals surface area contributed by atoms with Crippen molar-refractivity contribution in [3.63, 3.8) is 0 Å². The molecule has 0 N–H and O–H groups in total. The highest BCUT2D eigenvalue weighted by atomic mass is 79.9. The van der Waals surface area contributed by atoms with Crippen molar-refractivity contribution >= 4 is 56.5 Å². The van der Waals surface area contributed by atoms with Gasteiger partial charge in [0.05, 0.1) is 16.5 Å². The SMILES string of the molecule is O=C1S/C(=C\c2cccc(OCc3c(F)cccc3Cl)c2)C(=O)N1Cc1ccc(Br)cc1. The second kappa shape index (κ2) is 9.90. The molecule has 3 aromatic rings. The molecular formula is C24H16BrClFNO3S. The lowest BCUT2D eigenvalue weighted by molar-refractivity contribution is -0.123. The number of halogens is 3. The Morgan fingerprint density at radius 3 is 2.56 bits per heavy atom. The van der Waals surface area contributed by atoms with Gasteiger partial charge in [0, 0.05) is 10.0 Å². The number of thioether (sulfide) groups is 1. The van der Waals surface area contributed by atoms with E-state index in [-0.39, 0.29) is 29.9 Å². The molecule has 4 nitrogen and oxygen atoms in total. The molecule has 0 radical (unpaired) electrons. The summed E-state index contributed by atoms with van der Waals surface area (Å²) in [6.45, 7) is 0.181. The molecule has 4 rings (SSSR count). The average molecular weight is 533 g/mol. The maximum atomic E-state index is 13.9. The molecule has 3 aromatic carbocycles. The molecule has 1 aliphatic heterocycles. The van der Waals surface area contributed by atoms with E-state index in [4.69, 9.17) is 16.3 Å². The lowest BCUT2D eigenvalue weighted by atomic mass is 10.2. The monoisotopic (exact) mass is 531 g/mol. The minimum atomic E-state index is -0.437. The highest BCUT2D eigenvalue weighted by Crippen LogP contribution is 2.34. The van der Waals surface area contributed by atoms with Gasteiger partial charge in [0.1, 0.15) is 18.2 Å². The van der Waals surface area contributed by atoms with Crippen LogP contribution < -0.4 is 4.74 Å². The summed E-state index contributed by atoms with van der Waals surface area (Å²) >= 11 is 10.3. The van der Waals surface area contributed by atoms with Gasteiger partial charge in [-0.25, -0.2) is 4.39 Å². The average Bonchev–Trinajstić information content (AvgIpc) is 3.02. The minimum absolute atomic E-state index is 0.0291. The van der Waals surface area contributed by atoms with E-state index in [0.29, 0.717) is 21.2 Å². The molecule has 0 spiro atoms. The molecule has 0 bridgehead atoms. The number of carbonyl (C=O) groups excluding carboxylic acids is 2. The van der Waals surface area contributed by atoms with Gasteiger partial charge in [0.2, 0.25) is 0 Å². The van der Waals surface area contributed by atoms with E-state index in [1.165, 1.54) is 17.0 Å². The summed E-state index contributed by atoms with van der Waals surface area (Å²) in [5, 5.41) is -0.0219. The third-order valence-electron chi connectivity index (χ3n) is 4.73. The zero-order valence-corrected chi connectivity index (χ0v) is 19.7. The third-order valence-corrected chi connectivity index (χ3v) is 6.52. The predicted octanol–water partition coefficient (Wildman–Crippen LogP) is 7.06. The van der Waals surface area contributed by atoms with Crippen LogP contribution in [-0.2, 0) is 17.9 Å². The Hall–Kier alpha value is -2.61. The zero-order valence-electron chi connectivity index (χ0n) is 16.6. The highest BCUT2D eigenvalue weighted by molar-refractivity contribution is 9.10. The summed E-state index contributed by atoms with van der Waals surface area (Å²) in [5.74, 6) is -0.285. The van der Waals surface area contributed by atoms with Crippen molar-refractivity contribution in [1.82, 2.24) is 4.90 Å². The van der Waals surface area contributed by atoms with Crippen molar-refractivity contribution in [2.75, 3.05) is 0 Å². The summed E-state index contributed by atoms with van der Waals surface area (Å²) in [4.78, 5) is 26.7. The normalized spacial score (nSPS) is 15.0. The maximum Gasteiger partial charge on any atom is 0.293 e. The Morgan fingerprint density at radius 2 is 1.81 bits per heavy atom. The van der Waals surface area contributed by atoms with Crippen LogP contribution in [0.5, 0.6) is 5.75 Å². The van der Waals surface area contributed by atoms with Crippen LogP contribution in [0.4, 0.5) is 9.18 Å². The lowest BCUT2D eigenvalue weighted by Gasteiger charge is -2.12. The van der Waals surface area contributed by atoms with E-state index in [2.05, 4.69) is 15.9 Å². The van der Waals surface area contributed by atoms with Gasteiger partial charge in [0.15, 0.2) is 0 Å². The predicted molar refractivity (Wildman–Crippen MR) is 128 cm³/mol. The van der Waals surface area contributed by atoms with Crippen molar-refractivity contribution in [1.29, 1.82) is 0 Å². The van der Waals surface area contributed by atoms with Crippen molar-refractivity contribution in [3.05, 3.63) is 104 Å². The first-order valence-electron chi connectivity index (χ1n) is 9.56. The molecule has 1 saturated heterocycles. The summed E-state index contributed by atoms with van der Waals surface area (Å²) in [6.07, 6.45) is 1.65. The number of carbonyl (C=O) groups is 2. The number of nitrogens with zero attached hydrogens (tertiary/aromatic N) is 1. The molecule has 162 valence electrons. The van der Waals surface area contributed by atoms with Crippen LogP contribution in [0.25, 0.3) is 6.08 Å². The molecule has 0 aromatic heterocycles. The molecule has 0 aliphatic carbocycles. The summed E-state index contributed by atoms with van der Waals surface area (Å²) in [7, 11) is 0. The van der Waals surface area contributed by atoms with Crippen LogP contribution in [0.3, 0.4) is 0 Å². The number of hydrogen-bond donors (Lipinski definition) is 0. The van der Waals surface area contributed by atoms with Gasteiger partial charge in [-0.15, -0.1) is 0 Å². The van der Waals surface area contributed by atoms with Crippen molar-refractivity contribution in [3.8, 4) is 5.75 Å². The molecule has 0 unspecified atom stereocenters. The van der Waals surface area contributed by atoms with Crippen molar-refractivity contribution in [2.45, 2.75) is 13.2 Å². The first kappa shape index (κ1) is 22.6.